The van der Waals surface area contributed by atoms with Gasteiger partial charge in [0.2, 0.25) is 10.0 Å². The third-order valence-electron chi connectivity index (χ3n) is 3.17. The Labute approximate surface area is 118 Å². The van der Waals surface area contributed by atoms with Gasteiger partial charge in [0.1, 0.15) is 4.21 Å². The Bertz CT molecular complexity index is 604. The van der Waals surface area contributed by atoms with Gasteiger partial charge in [-0.3, -0.25) is 0 Å². The van der Waals surface area contributed by atoms with E-state index < -0.39 is 19.9 Å². The Kier molecular flexibility index (Phi) is 4.65. The molecule has 0 radical (unpaired) electrons. The van der Waals surface area contributed by atoms with Crippen molar-refractivity contribution in [1.82, 2.24) is 4.72 Å². The molecule has 5 nitrogen and oxygen atoms in total. The average Bonchev–Trinajstić information content (AvgIpc) is 2.94. The molecule has 1 fully saturated rings. The van der Waals surface area contributed by atoms with Crippen LogP contribution in [0.1, 0.15) is 19.3 Å². The van der Waals surface area contributed by atoms with Gasteiger partial charge in [-0.1, -0.05) is 6.07 Å². The molecule has 1 aliphatic heterocycles. The summed E-state index contributed by atoms with van der Waals surface area (Å²) in [5, 5.41) is 1.72. The third kappa shape index (κ3) is 4.27. The zero-order valence-corrected chi connectivity index (χ0v) is 12.9. The summed E-state index contributed by atoms with van der Waals surface area (Å²) in [4.78, 5) is 0. The van der Waals surface area contributed by atoms with E-state index in [4.69, 9.17) is 0 Å². The summed E-state index contributed by atoms with van der Waals surface area (Å²) in [6, 6.07) is 3.26. The zero-order valence-electron chi connectivity index (χ0n) is 10.4. The number of rotatable bonds is 6. The molecule has 0 aromatic carbocycles. The first-order valence-corrected chi connectivity index (χ1v) is 10.3. The molecule has 1 aromatic heterocycles. The SMILES string of the molecule is O=S1(=O)CCC(CCCNS(=O)(=O)c2cccs2)C1. The van der Waals surface area contributed by atoms with E-state index >= 15 is 0 Å². The van der Waals surface area contributed by atoms with Crippen LogP contribution in [0.3, 0.4) is 0 Å². The fourth-order valence-corrected chi connectivity index (χ4v) is 6.21. The highest BCUT2D eigenvalue weighted by molar-refractivity contribution is 7.91. The lowest BCUT2D eigenvalue weighted by atomic mass is 10.0. The van der Waals surface area contributed by atoms with Gasteiger partial charge < -0.3 is 0 Å². The quantitative estimate of drug-likeness (QED) is 0.799. The molecule has 1 saturated heterocycles. The van der Waals surface area contributed by atoms with Crippen molar-refractivity contribution in [3.8, 4) is 0 Å². The van der Waals surface area contributed by atoms with Crippen LogP contribution in [0.15, 0.2) is 21.7 Å². The van der Waals surface area contributed by atoms with Gasteiger partial charge in [-0.2, -0.15) is 0 Å². The Morgan fingerprint density at radius 3 is 2.79 bits per heavy atom. The number of nitrogens with one attached hydrogen (secondary N) is 1. The molecule has 0 aliphatic carbocycles. The van der Waals surface area contributed by atoms with Crippen molar-refractivity contribution >= 4 is 31.2 Å². The predicted molar refractivity (Wildman–Crippen MR) is 75.5 cm³/mol. The van der Waals surface area contributed by atoms with Crippen molar-refractivity contribution in [1.29, 1.82) is 0 Å². The van der Waals surface area contributed by atoms with Gasteiger partial charge in [0.15, 0.2) is 9.84 Å². The van der Waals surface area contributed by atoms with Crippen LogP contribution in [0.2, 0.25) is 0 Å². The van der Waals surface area contributed by atoms with E-state index in [0.717, 1.165) is 6.42 Å². The lowest BCUT2D eigenvalue weighted by Gasteiger charge is -2.08. The predicted octanol–water partition coefficient (Wildman–Crippen LogP) is 1.24. The Morgan fingerprint density at radius 1 is 1.42 bits per heavy atom. The minimum absolute atomic E-state index is 0.191. The van der Waals surface area contributed by atoms with E-state index in [9.17, 15) is 16.8 Å². The average molecular weight is 323 g/mol. The van der Waals surface area contributed by atoms with Gasteiger partial charge in [0.05, 0.1) is 11.5 Å². The summed E-state index contributed by atoms with van der Waals surface area (Å²) in [5.74, 6) is 0.722. The van der Waals surface area contributed by atoms with Crippen LogP contribution in [0.4, 0.5) is 0 Å². The van der Waals surface area contributed by atoms with Crippen LogP contribution in [0.5, 0.6) is 0 Å². The minimum Gasteiger partial charge on any atom is -0.229 e. The first kappa shape index (κ1) is 15.0. The lowest BCUT2D eigenvalue weighted by Crippen LogP contribution is -2.24. The third-order valence-corrected chi connectivity index (χ3v) is 7.86. The number of sulfonamides is 1. The number of hydrogen-bond acceptors (Lipinski definition) is 5. The molecule has 1 aromatic rings. The maximum atomic E-state index is 11.8. The second kappa shape index (κ2) is 5.90. The van der Waals surface area contributed by atoms with E-state index in [0.29, 0.717) is 23.6 Å². The van der Waals surface area contributed by atoms with Crippen LogP contribution in [-0.4, -0.2) is 34.9 Å². The summed E-state index contributed by atoms with van der Waals surface area (Å²) in [6.07, 6.45) is 2.14. The molecule has 0 spiro atoms. The minimum atomic E-state index is -3.39. The number of thiophene rings is 1. The highest BCUT2D eigenvalue weighted by Crippen LogP contribution is 2.22. The van der Waals surface area contributed by atoms with Gasteiger partial charge in [-0.15, -0.1) is 11.3 Å². The van der Waals surface area contributed by atoms with Crippen LogP contribution < -0.4 is 4.72 Å². The van der Waals surface area contributed by atoms with Gasteiger partial charge in [-0.25, -0.2) is 21.6 Å². The first-order chi connectivity index (χ1) is 8.89. The lowest BCUT2D eigenvalue weighted by molar-refractivity contribution is 0.512. The highest BCUT2D eigenvalue weighted by atomic mass is 32.2. The largest absolute Gasteiger partial charge is 0.250 e. The molecule has 19 heavy (non-hydrogen) atoms. The maximum absolute atomic E-state index is 11.8. The van der Waals surface area contributed by atoms with Gasteiger partial charge in [0, 0.05) is 6.54 Å². The fourth-order valence-electron chi connectivity index (χ4n) is 2.18. The molecular formula is C11H17NO4S3. The normalized spacial score (nSPS) is 22.6. The van der Waals surface area contributed by atoms with Crippen LogP contribution in [-0.2, 0) is 19.9 Å². The zero-order chi connectivity index (χ0) is 13.9. The second-order valence-electron chi connectivity index (χ2n) is 4.74. The van der Waals surface area contributed by atoms with E-state index in [1.807, 2.05) is 0 Å². The summed E-state index contributed by atoms with van der Waals surface area (Å²) >= 11 is 1.18. The highest BCUT2D eigenvalue weighted by Gasteiger charge is 2.27. The molecule has 0 bridgehead atoms. The van der Waals surface area contributed by atoms with E-state index in [-0.39, 0.29) is 17.4 Å². The van der Waals surface area contributed by atoms with Crippen molar-refractivity contribution in [3.63, 3.8) is 0 Å². The summed E-state index contributed by atoms with van der Waals surface area (Å²) in [7, 11) is -6.22. The van der Waals surface area contributed by atoms with Gasteiger partial charge >= 0.3 is 0 Å². The Balaban J connectivity index is 1.73. The Morgan fingerprint density at radius 2 is 2.21 bits per heavy atom. The molecule has 2 heterocycles. The fraction of sp³-hybridized carbons (Fsp3) is 0.636. The molecule has 8 heteroatoms. The van der Waals surface area contributed by atoms with Gasteiger partial charge in [0.25, 0.3) is 0 Å². The summed E-state index contributed by atoms with van der Waals surface area (Å²) < 4.78 is 49.0. The van der Waals surface area contributed by atoms with Crippen LogP contribution in [0.25, 0.3) is 0 Å². The van der Waals surface area contributed by atoms with Crippen molar-refractivity contribution in [3.05, 3.63) is 17.5 Å². The maximum Gasteiger partial charge on any atom is 0.250 e. The molecular weight excluding hydrogens is 306 g/mol. The van der Waals surface area contributed by atoms with Crippen molar-refractivity contribution in [2.75, 3.05) is 18.1 Å². The second-order valence-corrected chi connectivity index (χ2v) is 9.91. The molecule has 1 atom stereocenters. The van der Waals surface area contributed by atoms with E-state index in [1.54, 1.807) is 17.5 Å². The Hall–Kier alpha value is -0.440. The monoisotopic (exact) mass is 323 g/mol. The topological polar surface area (TPSA) is 80.3 Å². The van der Waals surface area contributed by atoms with E-state index in [1.165, 1.54) is 11.3 Å². The molecule has 2 rings (SSSR count). The van der Waals surface area contributed by atoms with E-state index in [2.05, 4.69) is 4.72 Å². The molecule has 1 unspecified atom stereocenters. The molecule has 1 aliphatic rings. The van der Waals surface area contributed by atoms with Crippen LogP contribution >= 0.6 is 11.3 Å². The van der Waals surface area contributed by atoms with Crippen molar-refractivity contribution in [2.24, 2.45) is 5.92 Å². The number of hydrogen-bond donors (Lipinski definition) is 1. The number of sulfone groups is 1. The molecule has 0 saturated carbocycles. The smallest absolute Gasteiger partial charge is 0.229 e. The molecule has 108 valence electrons. The van der Waals surface area contributed by atoms with Gasteiger partial charge in [-0.05, 0) is 36.6 Å². The summed E-state index contributed by atoms with van der Waals surface area (Å²) in [5.41, 5.74) is 0. The standard InChI is InChI=1S/C11H17NO4S3/c13-18(14)8-5-10(9-18)3-1-6-12-19(15,16)11-4-2-7-17-11/h2,4,7,10,12H,1,3,5-6,8-9H2. The summed E-state index contributed by atoms with van der Waals surface area (Å²) in [6.45, 7) is 0.358. The van der Waals surface area contributed by atoms with Crippen molar-refractivity contribution < 1.29 is 16.8 Å². The van der Waals surface area contributed by atoms with Crippen LogP contribution in [0, 0.1) is 5.92 Å². The van der Waals surface area contributed by atoms with Crippen molar-refractivity contribution in [2.45, 2.75) is 23.5 Å². The first-order valence-electron chi connectivity index (χ1n) is 6.13. The molecule has 1 N–H and O–H groups in total. The molecule has 0 amide bonds.